The number of nitrogens with one attached hydrogen (secondary N) is 2. The van der Waals surface area contributed by atoms with Gasteiger partial charge < -0.3 is 24.6 Å². The lowest BCUT2D eigenvalue weighted by molar-refractivity contribution is -0.858. The summed E-state index contributed by atoms with van der Waals surface area (Å²) in [5.41, 5.74) is 2.28. The van der Waals surface area contributed by atoms with Crippen LogP contribution in [-0.2, 0) is 9.53 Å². The van der Waals surface area contributed by atoms with Crippen molar-refractivity contribution in [1.82, 2.24) is 10.2 Å². The Bertz CT molecular complexity index is 761. The number of methoxy groups -OCH3 is 1. The SMILES string of the molecule is C=CCOc1cccc([C@@H]2NC(=S)N(CCC[NH+](C)C)C(C)=C2C(=O)OC)c1. The summed E-state index contributed by atoms with van der Waals surface area (Å²) in [5, 5.41) is 3.93. The molecule has 0 aromatic heterocycles. The van der Waals surface area contributed by atoms with Crippen molar-refractivity contribution in [3.05, 3.63) is 53.8 Å². The lowest BCUT2D eigenvalue weighted by Crippen LogP contribution is -3.05. The molecular weight excluding hydrogens is 374 g/mol. The van der Waals surface area contributed by atoms with E-state index in [0.717, 1.165) is 30.8 Å². The maximum atomic E-state index is 12.6. The predicted molar refractivity (Wildman–Crippen MR) is 114 cm³/mol. The fraction of sp³-hybridized carbons (Fsp3) is 0.429. The third-order valence-electron chi connectivity index (χ3n) is 4.62. The van der Waals surface area contributed by atoms with E-state index in [1.807, 2.05) is 36.1 Å². The van der Waals surface area contributed by atoms with E-state index in [0.29, 0.717) is 23.0 Å². The topological polar surface area (TPSA) is 55.2 Å². The van der Waals surface area contributed by atoms with Crippen molar-refractivity contribution in [1.29, 1.82) is 0 Å². The van der Waals surface area contributed by atoms with Gasteiger partial charge in [-0.1, -0.05) is 24.8 Å². The molecule has 0 spiro atoms. The maximum Gasteiger partial charge on any atom is 0.337 e. The number of hydrogen-bond acceptors (Lipinski definition) is 4. The highest BCUT2D eigenvalue weighted by Gasteiger charge is 2.34. The van der Waals surface area contributed by atoms with Gasteiger partial charge in [0, 0.05) is 18.7 Å². The van der Waals surface area contributed by atoms with Gasteiger partial charge in [-0.15, -0.1) is 0 Å². The van der Waals surface area contributed by atoms with Crippen LogP contribution in [0.15, 0.2) is 48.2 Å². The van der Waals surface area contributed by atoms with Crippen LogP contribution in [0.1, 0.15) is 24.9 Å². The molecule has 6 nitrogen and oxygen atoms in total. The fourth-order valence-electron chi connectivity index (χ4n) is 3.20. The minimum atomic E-state index is -0.386. The maximum absolute atomic E-state index is 12.6. The van der Waals surface area contributed by atoms with Crippen LogP contribution in [0.5, 0.6) is 5.75 Å². The summed E-state index contributed by atoms with van der Waals surface area (Å²) in [5.74, 6) is 0.349. The molecule has 0 radical (unpaired) electrons. The van der Waals surface area contributed by atoms with Crippen LogP contribution in [-0.4, -0.2) is 56.9 Å². The Morgan fingerprint density at radius 2 is 2.18 bits per heavy atom. The van der Waals surface area contributed by atoms with E-state index in [-0.39, 0.29) is 12.0 Å². The van der Waals surface area contributed by atoms with Gasteiger partial charge in [-0.05, 0) is 36.8 Å². The second-order valence-electron chi connectivity index (χ2n) is 7.01. The van der Waals surface area contributed by atoms with E-state index in [9.17, 15) is 4.79 Å². The van der Waals surface area contributed by atoms with Crippen LogP contribution >= 0.6 is 12.2 Å². The number of nitrogens with zero attached hydrogens (tertiary/aromatic N) is 1. The number of thiocarbonyl (C=S) groups is 1. The molecule has 0 saturated heterocycles. The van der Waals surface area contributed by atoms with Crippen molar-refractivity contribution in [2.24, 2.45) is 0 Å². The Morgan fingerprint density at radius 1 is 1.43 bits per heavy atom. The molecule has 1 aliphatic rings. The molecule has 0 bridgehead atoms. The molecule has 0 unspecified atom stereocenters. The minimum Gasteiger partial charge on any atom is -0.490 e. The quantitative estimate of drug-likeness (QED) is 0.369. The van der Waals surface area contributed by atoms with Crippen molar-refractivity contribution >= 4 is 23.3 Å². The average Bonchev–Trinajstić information content (AvgIpc) is 2.67. The van der Waals surface area contributed by atoms with E-state index in [4.69, 9.17) is 21.7 Å². The number of esters is 1. The van der Waals surface area contributed by atoms with E-state index in [1.165, 1.54) is 12.0 Å². The highest BCUT2D eigenvalue weighted by Crippen LogP contribution is 2.32. The highest BCUT2D eigenvalue weighted by atomic mass is 32.1. The summed E-state index contributed by atoms with van der Waals surface area (Å²) in [6.07, 6.45) is 2.66. The van der Waals surface area contributed by atoms with Gasteiger partial charge >= 0.3 is 5.97 Å². The van der Waals surface area contributed by atoms with E-state index in [1.54, 1.807) is 6.08 Å². The zero-order valence-electron chi connectivity index (χ0n) is 17.1. The summed E-state index contributed by atoms with van der Waals surface area (Å²) in [4.78, 5) is 16.0. The molecule has 0 amide bonds. The Labute approximate surface area is 172 Å². The first-order chi connectivity index (χ1) is 13.4. The van der Waals surface area contributed by atoms with Gasteiger partial charge in [0.15, 0.2) is 5.11 Å². The van der Waals surface area contributed by atoms with Crippen LogP contribution in [0.3, 0.4) is 0 Å². The summed E-state index contributed by atoms with van der Waals surface area (Å²) < 4.78 is 10.7. The molecule has 0 aliphatic carbocycles. The third-order valence-corrected chi connectivity index (χ3v) is 4.96. The molecule has 1 heterocycles. The van der Waals surface area contributed by atoms with Gasteiger partial charge in [0.05, 0.1) is 39.4 Å². The van der Waals surface area contributed by atoms with Gasteiger partial charge in [-0.25, -0.2) is 4.79 Å². The van der Waals surface area contributed by atoms with E-state index < -0.39 is 0 Å². The Balaban J connectivity index is 2.36. The second-order valence-corrected chi connectivity index (χ2v) is 7.39. The summed E-state index contributed by atoms with van der Waals surface area (Å²) in [6.45, 7) is 7.78. The van der Waals surface area contributed by atoms with Crippen molar-refractivity contribution < 1.29 is 19.2 Å². The fourth-order valence-corrected chi connectivity index (χ4v) is 3.55. The molecule has 1 atom stereocenters. The summed E-state index contributed by atoms with van der Waals surface area (Å²) in [6, 6.07) is 7.24. The van der Waals surface area contributed by atoms with Crippen molar-refractivity contribution in [3.8, 4) is 5.75 Å². The van der Waals surface area contributed by atoms with Crippen molar-refractivity contribution in [2.45, 2.75) is 19.4 Å². The number of carbonyl (C=O) groups is 1. The Morgan fingerprint density at radius 3 is 2.82 bits per heavy atom. The van der Waals surface area contributed by atoms with E-state index >= 15 is 0 Å². The zero-order chi connectivity index (χ0) is 20.7. The van der Waals surface area contributed by atoms with Crippen LogP contribution < -0.4 is 15.0 Å². The minimum absolute atomic E-state index is 0.363. The van der Waals surface area contributed by atoms with Crippen LogP contribution in [0.25, 0.3) is 0 Å². The number of ether oxygens (including phenoxy) is 2. The van der Waals surface area contributed by atoms with E-state index in [2.05, 4.69) is 26.0 Å². The summed E-state index contributed by atoms with van der Waals surface area (Å²) in [7, 11) is 5.63. The zero-order valence-corrected chi connectivity index (χ0v) is 17.9. The number of quaternary nitrogens is 1. The molecule has 2 rings (SSSR count). The molecule has 2 N–H and O–H groups in total. The number of hydrogen-bond donors (Lipinski definition) is 2. The van der Waals surface area contributed by atoms with Crippen molar-refractivity contribution in [2.75, 3.05) is 40.9 Å². The predicted octanol–water partition coefficient (Wildman–Crippen LogP) is 1.46. The third kappa shape index (κ3) is 5.33. The molecule has 0 saturated carbocycles. The number of allylic oxidation sites excluding steroid dienone is 1. The van der Waals surface area contributed by atoms with Gasteiger partial charge in [0.25, 0.3) is 0 Å². The number of carbonyl (C=O) groups excluding carboxylic acids is 1. The first-order valence-electron chi connectivity index (χ1n) is 9.38. The monoisotopic (exact) mass is 404 g/mol. The molecule has 28 heavy (non-hydrogen) atoms. The van der Waals surface area contributed by atoms with Crippen molar-refractivity contribution in [3.63, 3.8) is 0 Å². The Kier molecular flexibility index (Phi) is 8.02. The molecule has 1 aromatic carbocycles. The number of benzene rings is 1. The average molecular weight is 405 g/mol. The first kappa shape index (κ1) is 21.9. The molecule has 1 aliphatic heterocycles. The van der Waals surface area contributed by atoms with Gasteiger partial charge in [-0.2, -0.15) is 0 Å². The first-order valence-corrected chi connectivity index (χ1v) is 9.79. The standard InChI is InChI=1S/C21H29N3O3S/c1-6-13-27-17-10-7-9-16(14-17)19-18(20(25)26-5)15(2)24(21(28)22-19)12-8-11-23(3)4/h6-7,9-10,14,19H,1,8,11-13H2,2-5H3,(H,22,28)/p+1/t19-/m0/s1. The van der Waals surface area contributed by atoms with Gasteiger partial charge in [-0.3, -0.25) is 0 Å². The Hall–Kier alpha value is -2.38. The van der Waals surface area contributed by atoms with Crippen LogP contribution in [0.4, 0.5) is 0 Å². The highest BCUT2D eigenvalue weighted by molar-refractivity contribution is 7.80. The van der Waals surface area contributed by atoms with Crippen LogP contribution in [0, 0.1) is 0 Å². The largest absolute Gasteiger partial charge is 0.490 e. The van der Waals surface area contributed by atoms with Gasteiger partial charge in [0.2, 0.25) is 0 Å². The molecular formula is C21H30N3O3S+. The lowest BCUT2D eigenvalue weighted by Gasteiger charge is -2.37. The molecule has 7 heteroatoms. The summed E-state index contributed by atoms with van der Waals surface area (Å²) >= 11 is 5.62. The molecule has 152 valence electrons. The molecule has 1 aromatic rings. The second kappa shape index (κ2) is 10.2. The van der Waals surface area contributed by atoms with Gasteiger partial charge in [0.1, 0.15) is 12.4 Å². The lowest BCUT2D eigenvalue weighted by atomic mass is 9.94. The smallest absolute Gasteiger partial charge is 0.337 e. The normalized spacial score (nSPS) is 16.8. The molecule has 0 fully saturated rings. The number of rotatable bonds is 9. The van der Waals surface area contributed by atoms with Crippen LogP contribution in [0.2, 0.25) is 0 Å².